The topological polar surface area (TPSA) is 0 Å². The van der Waals surface area contributed by atoms with E-state index in [4.69, 9.17) is 0 Å². The molecule has 0 N–H and O–H groups in total. The molecule has 0 fully saturated rings. The van der Waals surface area contributed by atoms with E-state index in [1.165, 1.54) is 65.7 Å². The molecule has 6 aromatic carbocycles. The van der Waals surface area contributed by atoms with Gasteiger partial charge in [0.1, 0.15) is 0 Å². The molecule has 0 heterocycles. The van der Waals surface area contributed by atoms with Gasteiger partial charge < -0.3 is 0 Å². The molecule has 0 aromatic heterocycles. The van der Waals surface area contributed by atoms with Crippen molar-refractivity contribution in [1.82, 2.24) is 0 Å². The summed E-state index contributed by atoms with van der Waals surface area (Å²) in [6, 6.07) is 40.2. The lowest BCUT2D eigenvalue weighted by Crippen LogP contribution is -1.85. The Morgan fingerprint density at radius 3 is 1.11 bits per heavy atom. The Bertz CT molecular complexity index is 1640. The van der Waals surface area contributed by atoms with Gasteiger partial charge in [0.15, 0.2) is 0 Å². The zero-order chi connectivity index (χ0) is 25.9. The third-order valence-corrected chi connectivity index (χ3v) is 7.60. The summed E-state index contributed by atoms with van der Waals surface area (Å²) in [5.41, 5.74) is 7.64. The smallest absolute Gasteiger partial charge is 0.00930 e. The monoisotopic (exact) mass is 488 g/mol. The highest BCUT2D eigenvalue weighted by Gasteiger charge is 2.09. The Morgan fingerprint density at radius 2 is 0.711 bits per heavy atom. The van der Waals surface area contributed by atoms with Crippen molar-refractivity contribution in [2.45, 2.75) is 26.7 Å². The average molecular weight is 489 g/mol. The van der Waals surface area contributed by atoms with E-state index in [-0.39, 0.29) is 0 Å². The summed E-state index contributed by atoms with van der Waals surface area (Å²) in [5.74, 6) is 0. The van der Waals surface area contributed by atoms with Crippen molar-refractivity contribution in [3.63, 3.8) is 0 Å². The third-order valence-electron chi connectivity index (χ3n) is 7.60. The van der Waals surface area contributed by atoms with E-state index in [0.29, 0.717) is 0 Å². The van der Waals surface area contributed by atoms with Crippen LogP contribution in [0.2, 0.25) is 0 Å². The zero-order valence-corrected chi connectivity index (χ0v) is 22.1. The van der Waals surface area contributed by atoms with Gasteiger partial charge in [-0.1, -0.05) is 135 Å². The van der Waals surface area contributed by atoms with Crippen LogP contribution in [0.1, 0.15) is 47.2 Å². The molecule has 0 aliphatic carbocycles. The van der Waals surface area contributed by atoms with Gasteiger partial charge in [0.05, 0.1) is 0 Å². The van der Waals surface area contributed by atoms with Crippen LogP contribution in [0.15, 0.2) is 109 Å². The Morgan fingerprint density at radius 1 is 0.368 bits per heavy atom. The largest absolute Gasteiger partial charge is 0.0616 e. The predicted octanol–water partition coefficient (Wildman–Crippen LogP) is 10.6. The summed E-state index contributed by atoms with van der Waals surface area (Å²) < 4.78 is 0. The standard InChI is InChI=1S/C38H32/c1-3-27-9-13-29(14-10-27)17-19-31-21-23-35-36-24-22-32(20-18-30-15-11-28(4-2)12-16-30)26-38(36)34-8-6-5-7-33(34)37(35)25-31/h5-26H,3-4H2,1-2H3. The van der Waals surface area contributed by atoms with Crippen molar-refractivity contribution in [3.05, 3.63) is 143 Å². The highest BCUT2D eigenvalue weighted by atomic mass is 14.1. The van der Waals surface area contributed by atoms with Crippen molar-refractivity contribution in [3.8, 4) is 0 Å². The molecule has 0 aliphatic rings. The fraction of sp³-hybridized carbons (Fsp3) is 0.105. The highest BCUT2D eigenvalue weighted by Crippen LogP contribution is 2.36. The van der Waals surface area contributed by atoms with Crippen molar-refractivity contribution >= 4 is 56.6 Å². The molecular weight excluding hydrogens is 456 g/mol. The minimum absolute atomic E-state index is 1.07. The van der Waals surface area contributed by atoms with Gasteiger partial charge in [-0.05, 0) is 90.7 Å². The van der Waals surface area contributed by atoms with Gasteiger partial charge in [-0.25, -0.2) is 0 Å². The van der Waals surface area contributed by atoms with E-state index >= 15 is 0 Å². The summed E-state index contributed by atoms with van der Waals surface area (Å²) in [4.78, 5) is 0. The van der Waals surface area contributed by atoms with Crippen LogP contribution < -0.4 is 0 Å². The lowest BCUT2D eigenvalue weighted by molar-refractivity contribution is 1.14. The summed E-state index contributed by atoms with van der Waals surface area (Å²) in [5, 5.41) is 7.80. The van der Waals surface area contributed by atoms with E-state index < -0.39 is 0 Å². The zero-order valence-electron chi connectivity index (χ0n) is 22.1. The van der Waals surface area contributed by atoms with Gasteiger partial charge in [0, 0.05) is 0 Å². The van der Waals surface area contributed by atoms with Gasteiger partial charge in [0.2, 0.25) is 0 Å². The van der Waals surface area contributed by atoms with Crippen LogP contribution in [-0.4, -0.2) is 0 Å². The van der Waals surface area contributed by atoms with Gasteiger partial charge in [-0.15, -0.1) is 0 Å². The van der Waals surface area contributed by atoms with E-state index in [1.807, 2.05) is 0 Å². The average Bonchev–Trinajstić information content (AvgIpc) is 2.99. The highest BCUT2D eigenvalue weighted by molar-refractivity contribution is 6.25. The molecule has 0 saturated carbocycles. The van der Waals surface area contributed by atoms with Crippen LogP contribution in [0, 0.1) is 0 Å². The molecule has 0 amide bonds. The first-order chi connectivity index (χ1) is 18.7. The van der Waals surface area contributed by atoms with Crippen LogP contribution in [0.5, 0.6) is 0 Å². The molecule has 38 heavy (non-hydrogen) atoms. The number of aryl methyl sites for hydroxylation is 2. The van der Waals surface area contributed by atoms with Crippen LogP contribution >= 0.6 is 0 Å². The third kappa shape index (κ3) is 4.78. The van der Waals surface area contributed by atoms with Gasteiger partial charge in [0.25, 0.3) is 0 Å². The molecule has 0 radical (unpaired) electrons. The lowest BCUT2D eigenvalue weighted by Gasteiger charge is -2.12. The molecule has 0 unspecified atom stereocenters. The molecule has 0 saturated heterocycles. The maximum absolute atomic E-state index is 2.34. The Labute approximate surface area is 225 Å². The molecule has 184 valence electrons. The summed E-state index contributed by atoms with van der Waals surface area (Å²) in [6.07, 6.45) is 11.0. The number of benzene rings is 6. The quantitative estimate of drug-likeness (QED) is 0.161. The SMILES string of the molecule is CCc1ccc(C=Cc2ccc3c4ccc(C=Cc5ccc(CC)cc5)cc4c4ccccc4c3c2)cc1. The minimum Gasteiger partial charge on any atom is -0.0616 e. The second-order valence-electron chi connectivity index (χ2n) is 10.0. The first-order valence-electron chi connectivity index (χ1n) is 13.6. The number of fused-ring (bicyclic) bond motifs is 6. The Kier molecular flexibility index (Phi) is 6.63. The molecular formula is C38H32. The van der Waals surface area contributed by atoms with E-state index in [9.17, 15) is 0 Å². The first-order valence-corrected chi connectivity index (χ1v) is 13.6. The van der Waals surface area contributed by atoms with Crippen LogP contribution in [0.4, 0.5) is 0 Å². The van der Waals surface area contributed by atoms with Crippen LogP contribution in [-0.2, 0) is 12.8 Å². The normalized spacial score (nSPS) is 11.9. The summed E-state index contributed by atoms with van der Waals surface area (Å²) in [7, 11) is 0. The molecule has 0 spiro atoms. The number of hydrogen-bond acceptors (Lipinski definition) is 0. The second-order valence-corrected chi connectivity index (χ2v) is 10.0. The first kappa shape index (κ1) is 23.9. The fourth-order valence-electron chi connectivity index (χ4n) is 5.31. The van der Waals surface area contributed by atoms with Crippen molar-refractivity contribution in [2.24, 2.45) is 0 Å². The van der Waals surface area contributed by atoms with E-state index in [2.05, 4.69) is 147 Å². The molecule has 0 bridgehead atoms. The number of hydrogen-bond donors (Lipinski definition) is 0. The predicted molar refractivity (Wildman–Crippen MR) is 168 cm³/mol. The molecule has 0 atom stereocenters. The minimum atomic E-state index is 1.07. The van der Waals surface area contributed by atoms with Crippen molar-refractivity contribution in [2.75, 3.05) is 0 Å². The summed E-state index contributed by atoms with van der Waals surface area (Å²) >= 11 is 0. The fourth-order valence-corrected chi connectivity index (χ4v) is 5.31. The Hall–Kier alpha value is -4.42. The molecule has 6 aromatic rings. The van der Waals surface area contributed by atoms with E-state index in [1.54, 1.807) is 0 Å². The van der Waals surface area contributed by atoms with Gasteiger partial charge in [-0.2, -0.15) is 0 Å². The lowest BCUT2D eigenvalue weighted by atomic mass is 9.92. The van der Waals surface area contributed by atoms with Gasteiger partial charge >= 0.3 is 0 Å². The molecule has 0 aliphatic heterocycles. The summed E-state index contributed by atoms with van der Waals surface area (Å²) in [6.45, 7) is 4.38. The molecule has 0 nitrogen and oxygen atoms in total. The molecule has 0 heteroatoms. The molecule has 6 rings (SSSR count). The van der Waals surface area contributed by atoms with Crippen LogP contribution in [0.3, 0.4) is 0 Å². The van der Waals surface area contributed by atoms with Crippen molar-refractivity contribution in [1.29, 1.82) is 0 Å². The second kappa shape index (κ2) is 10.5. The van der Waals surface area contributed by atoms with Crippen molar-refractivity contribution < 1.29 is 0 Å². The van der Waals surface area contributed by atoms with E-state index in [0.717, 1.165) is 12.8 Å². The van der Waals surface area contributed by atoms with Gasteiger partial charge in [-0.3, -0.25) is 0 Å². The van der Waals surface area contributed by atoms with Crippen LogP contribution in [0.25, 0.3) is 56.6 Å². The maximum Gasteiger partial charge on any atom is -0.00930 e. The maximum atomic E-state index is 2.34. The number of rotatable bonds is 6. The Balaban J connectivity index is 1.40.